The van der Waals surface area contributed by atoms with Crippen molar-refractivity contribution >= 4 is 15.8 Å². The highest BCUT2D eigenvalue weighted by atomic mass is 32.2. The lowest BCUT2D eigenvalue weighted by molar-refractivity contribution is -0.0653. The number of nitrogens with zero attached hydrogens (tertiary/aromatic N) is 3. The number of aliphatic hydroxyl groups is 1. The lowest BCUT2D eigenvalue weighted by Crippen LogP contribution is -2.63. The molecule has 1 aromatic heterocycles. The summed E-state index contributed by atoms with van der Waals surface area (Å²) in [4.78, 5) is 0.0212. The van der Waals surface area contributed by atoms with Crippen LogP contribution in [0, 0.1) is 0 Å². The van der Waals surface area contributed by atoms with Gasteiger partial charge in [0.15, 0.2) is 5.82 Å². The Morgan fingerprint density at radius 3 is 2.58 bits per heavy atom. The summed E-state index contributed by atoms with van der Waals surface area (Å²) in [6.45, 7) is 4.62. The average molecular weight is 288 g/mol. The Bertz CT molecular complexity index is 560. The van der Waals surface area contributed by atoms with Gasteiger partial charge < -0.3 is 10.8 Å². The molecule has 3 N–H and O–H groups in total. The average Bonchev–Trinajstić information content (AvgIpc) is 2.68. The Kier molecular flexibility index (Phi) is 3.59. The van der Waals surface area contributed by atoms with Crippen LogP contribution >= 0.6 is 0 Å². The number of hydrogen-bond donors (Lipinski definition) is 2. The van der Waals surface area contributed by atoms with Gasteiger partial charge in [0.1, 0.15) is 4.90 Å². The fraction of sp³-hybridized carbons (Fsp3) is 0.727. The molecule has 108 valence electrons. The summed E-state index contributed by atoms with van der Waals surface area (Å²) in [5, 5.41) is 14.0. The van der Waals surface area contributed by atoms with Crippen LogP contribution in [-0.4, -0.2) is 46.3 Å². The minimum absolute atomic E-state index is 0.00720. The third kappa shape index (κ3) is 2.47. The number of nitrogen functional groups attached to an aromatic ring is 1. The topological polar surface area (TPSA) is 101 Å². The Balaban J connectivity index is 2.18. The number of anilines is 1. The Morgan fingerprint density at radius 1 is 1.47 bits per heavy atom. The Morgan fingerprint density at radius 2 is 2.11 bits per heavy atom. The molecule has 8 heteroatoms. The van der Waals surface area contributed by atoms with Crippen LogP contribution < -0.4 is 5.73 Å². The molecular formula is C11H20N4O3S. The Hall–Kier alpha value is -1.12. The third-order valence-electron chi connectivity index (χ3n) is 3.35. The number of sulfonamides is 1. The third-order valence-corrected chi connectivity index (χ3v) is 5.16. The van der Waals surface area contributed by atoms with E-state index in [1.165, 1.54) is 15.2 Å². The van der Waals surface area contributed by atoms with E-state index in [1.54, 1.807) is 0 Å². The zero-order valence-corrected chi connectivity index (χ0v) is 12.0. The molecule has 2 rings (SSSR count). The van der Waals surface area contributed by atoms with E-state index in [2.05, 4.69) is 5.10 Å². The lowest BCUT2D eigenvalue weighted by atomic mass is 9.92. The maximum absolute atomic E-state index is 12.3. The molecule has 0 radical (unpaired) electrons. The predicted molar refractivity (Wildman–Crippen MR) is 70.9 cm³/mol. The van der Waals surface area contributed by atoms with Gasteiger partial charge in [0.05, 0.1) is 5.60 Å². The van der Waals surface area contributed by atoms with Crippen LogP contribution in [-0.2, 0) is 16.6 Å². The summed E-state index contributed by atoms with van der Waals surface area (Å²) in [7, 11) is -3.65. The molecule has 2 heterocycles. The highest BCUT2D eigenvalue weighted by Crippen LogP contribution is 2.32. The van der Waals surface area contributed by atoms with E-state index in [9.17, 15) is 13.5 Å². The molecule has 7 nitrogen and oxygen atoms in total. The van der Waals surface area contributed by atoms with E-state index in [4.69, 9.17) is 5.73 Å². The van der Waals surface area contributed by atoms with Crippen molar-refractivity contribution in [3.05, 3.63) is 6.20 Å². The molecule has 0 amide bonds. The molecule has 1 saturated heterocycles. The molecule has 1 aliphatic rings. The van der Waals surface area contributed by atoms with E-state index < -0.39 is 15.6 Å². The van der Waals surface area contributed by atoms with Crippen LogP contribution in [0.5, 0.6) is 0 Å². The SMILES string of the molecule is CCCC1(O)CN(S(=O)(=O)c2cn(CC)nc2N)C1. The maximum atomic E-state index is 12.3. The predicted octanol–water partition coefficient (Wildman–Crippen LogP) is 0.0207. The number of β-amino-alcohol motifs (C(OH)–C–C–N with tert-alkyl or cyclic N) is 1. The fourth-order valence-corrected chi connectivity index (χ4v) is 3.98. The van der Waals surface area contributed by atoms with E-state index in [1.807, 2.05) is 13.8 Å². The summed E-state index contributed by atoms with van der Waals surface area (Å²) in [6.07, 6.45) is 2.85. The van der Waals surface area contributed by atoms with Crippen molar-refractivity contribution in [3.63, 3.8) is 0 Å². The molecule has 0 aromatic carbocycles. The normalized spacial score (nSPS) is 19.3. The van der Waals surface area contributed by atoms with Crippen molar-refractivity contribution < 1.29 is 13.5 Å². The second-order valence-electron chi connectivity index (χ2n) is 4.98. The minimum atomic E-state index is -3.65. The quantitative estimate of drug-likeness (QED) is 0.795. The molecule has 1 aromatic rings. The van der Waals surface area contributed by atoms with Crippen molar-refractivity contribution in [1.82, 2.24) is 14.1 Å². The molecule has 0 atom stereocenters. The zero-order valence-electron chi connectivity index (χ0n) is 11.2. The summed E-state index contributed by atoms with van der Waals surface area (Å²) < 4.78 is 27.4. The standard InChI is InChI=1S/C11H20N4O3S/c1-3-5-11(16)7-15(8-11)19(17,18)9-6-14(4-2)13-10(9)12/h6,16H,3-5,7-8H2,1-2H3,(H2,12,13). The van der Waals surface area contributed by atoms with Crippen molar-refractivity contribution in [2.45, 2.75) is 43.7 Å². The van der Waals surface area contributed by atoms with Gasteiger partial charge in [-0.15, -0.1) is 0 Å². The highest BCUT2D eigenvalue weighted by molar-refractivity contribution is 7.89. The summed E-state index contributed by atoms with van der Waals surface area (Å²) >= 11 is 0. The molecule has 0 unspecified atom stereocenters. The van der Waals surface area contributed by atoms with Gasteiger partial charge in [0, 0.05) is 25.8 Å². The first kappa shape index (κ1) is 14.3. The first-order valence-electron chi connectivity index (χ1n) is 6.38. The molecule has 0 aliphatic carbocycles. The molecule has 1 fully saturated rings. The monoisotopic (exact) mass is 288 g/mol. The molecule has 0 spiro atoms. The second kappa shape index (κ2) is 4.77. The van der Waals surface area contributed by atoms with Gasteiger partial charge in [0.2, 0.25) is 10.0 Å². The van der Waals surface area contributed by atoms with Gasteiger partial charge >= 0.3 is 0 Å². The van der Waals surface area contributed by atoms with E-state index in [0.717, 1.165) is 6.42 Å². The lowest BCUT2D eigenvalue weighted by Gasteiger charge is -2.45. The largest absolute Gasteiger partial charge is 0.387 e. The van der Waals surface area contributed by atoms with Crippen molar-refractivity contribution in [2.24, 2.45) is 0 Å². The number of rotatable bonds is 5. The Labute approximate surface area is 113 Å². The number of aryl methyl sites for hydroxylation is 1. The number of hydrogen-bond acceptors (Lipinski definition) is 5. The van der Waals surface area contributed by atoms with E-state index in [0.29, 0.717) is 13.0 Å². The molecule has 0 saturated carbocycles. The summed E-state index contributed by atoms with van der Waals surface area (Å²) in [6, 6.07) is 0. The summed E-state index contributed by atoms with van der Waals surface area (Å²) in [5.41, 5.74) is 4.75. The van der Waals surface area contributed by atoms with Crippen LogP contribution in [0.1, 0.15) is 26.7 Å². The molecule has 19 heavy (non-hydrogen) atoms. The van der Waals surface area contributed by atoms with Crippen molar-refractivity contribution in [2.75, 3.05) is 18.8 Å². The van der Waals surface area contributed by atoms with Gasteiger partial charge in [-0.1, -0.05) is 13.3 Å². The van der Waals surface area contributed by atoms with Gasteiger partial charge in [-0.3, -0.25) is 4.68 Å². The van der Waals surface area contributed by atoms with Gasteiger partial charge in [-0.25, -0.2) is 8.42 Å². The van der Waals surface area contributed by atoms with Gasteiger partial charge in [-0.05, 0) is 13.3 Å². The van der Waals surface area contributed by atoms with E-state index >= 15 is 0 Å². The maximum Gasteiger partial charge on any atom is 0.248 e. The fourth-order valence-electron chi connectivity index (χ4n) is 2.32. The number of nitrogens with two attached hydrogens (primary N) is 1. The van der Waals surface area contributed by atoms with Crippen LogP contribution in [0.2, 0.25) is 0 Å². The van der Waals surface area contributed by atoms with Crippen LogP contribution in [0.25, 0.3) is 0 Å². The van der Waals surface area contributed by atoms with Crippen LogP contribution in [0.15, 0.2) is 11.1 Å². The molecule has 0 bridgehead atoms. The molecule has 1 aliphatic heterocycles. The molecular weight excluding hydrogens is 268 g/mol. The van der Waals surface area contributed by atoms with Crippen LogP contribution in [0.3, 0.4) is 0 Å². The van der Waals surface area contributed by atoms with Crippen molar-refractivity contribution in [3.8, 4) is 0 Å². The van der Waals surface area contributed by atoms with Gasteiger partial charge in [-0.2, -0.15) is 9.40 Å². The first-order chi connectivity index (χ1) is 8.82. The van der Waals surface area contributed by atoms with Gasteiger partial charge in [0.25, 0.3) is 0 Å². The van der Waals surface area contributed by atoms with E-state index in [-0.39, 0.29) is 23.8 Å². The minimum Gasteiger partial charge on any atom is -0.387 e. The van der Waals surface area contributed by atoms with Crippen LogP contribution in [0.4, 0.5) is 5.82 Å². The second-order valence-corrected chi connectivity index (χ2v) is 6.89. The first-order valence-corrected chi connectivity index (χ1v) is 7.82. The van der Waals surface area contributed by atoms with Crippen molar-refractivity contribution in [1.29, 1.82) is 0 Å². The summed E-state index contributed by atoms with van der Waals surface area (Å²) in [5.74, 6) is 0.00720. The highest BCUT2D eigenvalue weighted by Gasteiger charge is 2.47. The number of aromatic nitrogens is 2. The smallest absolute Gasteiger partial charge is 0.248 e. The zero-order chi connectivity index (χ0) is 14.3.